The quantitative estimate of drug-likeness (QED) is 0.851. The largest absolute Gasteiger partial charge is 0.369 e. The highest BCUT2D eigenvalue weighted by Gasteiger charge is 2.41. The average molecular weight is 368 g/mol. The van der Waals surface area contributed by atoms with Crippen LogP contribution in [0.5, 0.6) is 0 Å². The van der Waals surface area contributed by atoms with Gasteiger partial charge in [0, 0.05) is 24.2 Å². The lowest BCUT2D eigenvalue weighted by Crippen LogP contribution is -2.26. The van der Waals surface area contributed by atoms with Gasteiger partial charge < -0.3 is 11.1 Å². The summed E-state index contributed by atoms with van der Waals surface area (Å²) in [6, 6.07) is 10.6. The number of carbonyl (C=O) groups is 2. The number of primary amides is 1. The van der Waals surface area contributed by atoms with E-state index in [0.29, 0.717) is 5.69 Å². The Morgan fingerprint density at radius 2 is 2.04 bits per heavy atom. The molecule has 7 nitrogen and oxygen atoms in total. The van der Waals surface area contributed by atoms with E-state index in [0.717, 1.165) is 6.07 Å². The number of nitrogens with one attached hydrogen (secondary N) is 1. The van der Waals surface area contributed by atoms with Crippen molar-refractivity contribution >= 4 is 17.5 Å². The summed E-state index contributed by atoms with van der Waals surface area (Å²) in [5.74, 6) is -3.66. The Morgan fingerprint density at radius 1 is 1.26 bits per heavy atom. The molecule has 138 valence electrons. The summed E-state index contributed by atoms with van der Waals surface area (Å²) >= 11 is 0. The maximum atomic E-state index is 14.4. The monoisotopic (exact) mass is 368 g/mol. The second kappa shape index (κ2) is 7.41. The van der Waals surface area contributed by atoms with Gasteiger partial charge in [-0.05, 0) is 31.0 Å². The molecular formula is C19H17FN4O3. The van der Waals surface area contributed by atoms with E-state index >= 15 is 0 Å². The van der Waals surface area contributed by atoms with Crippen LogP contribution in [0.3, 0.4) is 0 Å². The van der Waals surface area contributed by atoms with E-state index in [1.54, 1.807) is 12.1 Å². The van der Waals surface area contributed by atoms with Crippen LogP contribution >= 0.6 is 0 Å². The van der Waals surface area contributed by atoms with Crippen molar-refractivity contribution in [3.63, 3.8) is 0 Å². The van der Waals surface area contributed by atoms with E-state index in [1.807, 2.05) is 6.07 Å². The maximum absolute atomic E-state index is 14.4. The number of benzene rings is 1. The van der Waals surface area contributed by atoms with Crippen LogP contribution < -0.4 is 16.6 Å². The number of nitrogens with two attached hydrogens (primary N) is 1. The Hall–Kier alpha value is -3.47. The van der Waals surface area contributed by atoms with Gasteiger partial charge in [0.2, 0.25) is 11.8 Å². The molecule has 0 bridgehead atoms. The molecule has 2 aromatic rings. The highest BCUT2D eigenvalue weighted by molar-refractivity contribution is 5.93. The molecule has 3 N–H and O–H groups in total. The summed E-state index contributed by atoms with van der Waals surface area (Å²) in [5, 5.41) is 11.6. The van der Waals surface area contributed by atoms with Gasteiger partial charge in [-0.1, -0.05) is 6.07 Å². The Kier molecular flexibility index (Phi) is 5.03. The molecule has 0 unspecified atom stereocenters. The zero-order valence-corrected chi connectivity index (χ0v) is 14.3. The van der Waals surface area contributed by atoms with Crippen LogP contribution in [0, 0.1) is 34.9 Å². The first-order valence-corrected chi connectivity index (χ1v) is 8.38. The normalized spacial score (nSPS) is 21.4. The van der Waals surface area contributed by atoms with Gasteiger partial charge in [-0.2, -0.15) is 5.26 Å². The lowest BCUT2D eigenvalue weighted by Gasteiger charge is -2.13. The van der Waals surface area contributed by atoms with Crippen LogP contribution in [-0.2, 0) is 9.59 Å². The molecule has 1 fully saturated rings. The standard InChI is InChI=1S/C19H17FN4O3/c20-15-9-13(24-6-2-1-3-17(24)25)4-5-16(15)23-19(27)11-7-12(10-21)14(8-11)18(22)26/h1-6,9,11-12,14H,7-8H2,(H2,22,26)(H,23,27)/t11-,12+,14-/m0/s1. The number of pyridine rings is 1. The number of anilines is 1. The van der Waals surface area contributed by atoms with Crippen molar-refractivity contribution in [1.82, 2.24) is 4.57 Å². The van der Waals surface area contributed by atoms with Gasteiger partial charge in [-0.15, -0.1) is 0 Å². The SMILES string of the molecule is N#C[C@H]1C[C@H](C(=O)Nc2ccc(-n3ccccc3=O)cc2F)C[C@@H]1C(N)=O. The number of aromatic nitrogens is 1. The zero-order valence-electron chi connectivity index (χ0n) is 14.3. The van der Waals surface area contributed by atoms with Crippen LogP contribution in [0.15, 0.2) is 47.4 Å². The summed E-state index contributed by atoms with van der Waals surface area (Å²) in [5.41, 5.74) is 5.26. The van der Waals surface area contributed by atoms with Crippen molar-refractivity contribution < 1.29 is 14.0 Å². The Labute approximate surface area is 154 Å². The van der Waals surface area contributed by atoms with Gasteiger partial charge in [0.05, 0.1) is 29.3 Å². The van der Waals surface area contributed by atoms with E-state index in [1.165, 1.54) is 29.0 Å². The van der Waals surface area contributed by atoms with Gasteiger partial charge in [-0.25, -0.2) is 4.39 Å². The molecule has 1 aromatic heterocycles. The molecule has 0 radical (unpaired) electrons. The van der Waals surface area contributed by atoms with Crippen LogP contribution in [0.1, 0.15) is 12.8 Å². The molecule has 1 aliphatic carbocycles. The molecule has 0 aliphatic heterocycles. The van der Waals surface area contributed by atoms with Crippen LogP contribution in [0.2, 0.25) is 0 Å². The first kappa shape index (κ1) is 18.3. The molecule has 1 aliphatic rings. The first-order chi connectivity index (χ1) is 12.9. The fraction of sp³-hybridized carbons (Fsp3) is 0.263. The Balaban J connectivity index is 1.76. The predicted octanol–water partition coefficient (Wildman–Crippen LogP) is 1.57. The van der Waals surface area contributed by atoms with Gasteiger partial charge >= 0.3 is 0 Å². The Bertz CT molecular complexity index is 995. The smallest absolute Gasteiger partial charge is 0.255 e. The number of nitrogens with zero attached hydrogens (tertiary/aromatic N) is 2. The second-order valence-electron chi connectivity index (χ2n) is 6.48. The summed E-state index contributed by atoms with van der Waals surface area (Å²) in [6.07, 6.45) is 1.88. The van der Waals surface area contributed by atoms with Crippen molar-refractivity contribution in [2.75, 3.05) is 5.32 Å². The number of amides is 2. The minimum absolute atomic E-state index is 0.0382. The average Bonchev–Trinajstić information content (AvgIpc) is 3.09. The fourth-order valence-electron chi connectivity index (χ4n) is 3.34. The molecular weight excluding hydrogens is 351 g/mol. The molecule has 0 saturated heterocycles. The maximum Gasteiger partial charge on any atom is 0.255 e. The molecule has 8 heteroatoms. The van der Waals surface area contributed by atoms with E-state index < -0.39 is 35.4 Å². The third-order valence-corrected chi connectivity index (χ3v) is 4.78. The number of hydrogen-bond acceptors (Lipinski definition) is 4. The predicted molar refractivity (Wildman–Crippen MR) is 95.1 cm³/mol. The highest BCUT2D eigenvalue weighted by atomic mass is 19.1. The van der Waals surface area contributed by atoms with Gasteiger partial charge in [0.25, 0.3) is 5.56 Å². The van der Waals surface area contributed by atoms with Crippen molar-refractivity contribution in [2.45, 2.75) is 12.8 Å². The third-order valence-electron chi connectivity index (χ3n) is 4.78. The van der Waals surface area contributed by atoms with E-state index in [4.69, 9.17) is 11.0 Å². The molecule has 1 heterocycles. The summed E-state index contributed by atoms with van der Waals surface area (Å²) < 4.78 is 15.7. The van der Waals surface area contributed by atoms with Gasteiger partial charge in [0.15, 0.2) is 0 Å². The number of halogens is 1. The molecule has 0 spiro atoms. The summed E-state index contributed by atoms with van der Waals surface area (Å²) in [6.45, 7) is 0. The minimum Gasteiger partial charge on any atom is -0.369 e. The van der Waals surface area contributed by atoms with Crippen molar-refractivity contribution in [3.05, 3.63) is 58.8 Å². The highest BCUT2D eigenvalue weighted by Crippen LogP contribution is 2.36. The van der Waals surface area contributed by atoms with Gasteiger partial charge in [-0.3, -0.25) is 19.0 Å². The molecule has 3 atom stereocenters. The lowest BCUT2D eigenvalue weighted by molar-refractivity contribution is -0.122. The van der Waals surface area contributed by atoms with Crippen LogP contribution in [0.25, 0.3) is 5.69 Å². The lowest BCUT2D eigenvalue weighted by atomic mass is 9.97. The number of rotatable bonds is 4. The van der Waals surface area contributed by atoms with E-state index in [9.17, 15) is 18.8 Å². The molecule has 3 rings (SSSR count). The minimum atomic E-state index is -0.696. The van der Waals surface area contributed by atoms with E-state index in [-0.39, 0.29) is 24.1 Å². The van der Waals surface area contributed by atoms with Crippen molar-refractivity contribution in [3.8, 4) is 11.8 Å². The number of carbonyl (C=O) groups excluding carboxylic acids is 2. The summed E-state index contributed by atoms with van der Waals surface area (Å²) in [7, 11) is 0. The first-order valence-electron chi connectivity index (χ1n) is 8.38. The molecule has 1 saturated carbocycles. The topological polar surface area (TPSA) is 118 Å². The molecule has 27 heavy (non-hydrogen) atoms. The van der Waals surface area contributed by atoms with Crippen molar-refractivity contribution in [2.24, 2.45) is 23.5 Å². The Morgan fingerprint density at radius 3 is 2.63 bits per heavy atom. The molecule has 2 amide bonds. The van der Waals surface area contributed by atoms with Crippen molar-refractivity contribution in [1.29, 1.82) is 5.26 Å². The fourth-order valence-corrected chi connectivity index (χ4v) is 3.34. The van der Waals surface area contributed by atoms with Crippen LogP contribution in [-0.4, -0.2) is 16.4 Å². The third kappa shape index (κ3) is 3.72. The number of nitriles is 1. The molecule has 1 aromatic carbocycles. The second-order valence-corrected chi connectivity index (χ2v) is 6.48. The zero-order chi connectivity index (χ0) is 19.6. The van der Waals surface area contributed by atoms with Crippen LogP contribution in [0.4, 0.5) is 10.1 Å². The van der Waals surface area contributed by atoms with Gasteiger partial charge in [0.1, 0.15) is 5.82 Å². The summed E-state index contributed by atoms with van der Waals surface area (Å²) in [4.78, 5) is 35.6. The van der Waals surface area contributed by atoms with E-state index in [2.05, 4.69) is 5.32 Å². The number of hydrogen-bond donors (Lipinski definition) is 2.